The van der Waals surface area contributed by atoms with E-state index in [2.05, 4.69) is 20.6 Å². The van der Waals surface area contributed by atoms with Crippen LogP contribution in [0.3, 0.4) is 0 Å². The molecule has 1 amide bonds. The zero-order valence-electron chi connectivity index (χ0n) is 14.4. The van der Waals surface area contributed by atoms with Crippen molar-refractivity contribution in [3.05, 3.63) is 59.7 Å². The number of nitrogens with one attached hydrogen (secondary N) is 1. The first kappa shape index (κ1) is 16.3. The molecule has 1 aliphatic heterocycles. The third kappa shape index (κ3) is 3.28. The fourth-order valence-corrected chi connectivity index (χ4v) is 3.24. The van der Waals surface area contributed by atoms with Crippen molar-refractivity contribution in [2.24, 2.45) is 5.92 Å². The van der Waals surface area contributed by atoms with Crippen LogP contribution in [0, 0.1) is 5.92 Å². The van der Waals surface area contributed by atoms with Crippen LogP contribution in [0.2, 0.25) is 0 Å². The van der Waals surface area contributed by atoms with Gasteiger partial charge in [0.25, 0.3) is 0 Å². The number of carbonyl (C=O) groups excluding carboxylic acids is 1. The summed E-state index contributed by atoms with van der Waals surface area (Å²) < 4.78 is 5.75. The number of nitrogens with zero attached hydrogens (tertiary/aromatic N) is 4. The van der Waals surface area contributed by atoms with Crippen molar-refractivity contribution >= 4 is 5.91 Å². The second kappa shape index (κ2) is 6.95. The molecule has 1 N–H and O–H groups in total. The van der Waals surface area contributed by atoms with Crippen LogP contribution in [-0.4, -0.2) is 45.1 Å². The highest BCUT2D eigenvalue weighted by molar-refractivity contribution is 5.79. The number of rotatable bonds is 4. The smallest absolute Gasteiger partial charge is 0.229 e. The SMILES string of the molecule is CN(Cc1cccc(-c2nn[nH]n2)c1)C(=O)C1COc2ccccc2C1. The lowest BCUT2D eigenvalue weighted by Gasteiger charge is -2.28. The number of para-hydroxylation sites is 1. The van der Waals surface area contributed by atoms with Crippen LogP contribution in [0.15, 0.2) is 48.5 Å². The maximum absolute atomic E-state index is 12.8. The molecular weight excluding hydrogens is 330 g/mol. The van der Waals surface area contributed by atoms with Crippen molar-refractivity contribution < 1.29 is 9.53 Å². The van der Waals surface area contributed by atoms with E-state index < -0.39 is 0 Å². The van der Waals surface area contributed by atoms with Crippen LogP contribution >= 0.6 is 0 Å². The first-order valence-corrected chi connectivity index (χ1v) is 8.49. The van der Waals surface area contributed by atoms with Crippen LogP contribution in [0.25, 0.3) is 11.4 Å². The molecule has 1 unspecified atom stereocenters. The van der Waals surface area contributed by atoms with Crippen molar-refractivity contribution in [1.29, 1.82) is 0 Å². The summed E-state index contributed by atoms with van der Waals surface area (Å²) in [6.45, 7) is 0.936. The van der Waals surface area contributed by atoms with Gasteiger partial charge >= 0.3 is 0 Å². The minimum Gasteiger partial charge on any atom is -0.492 e. The van der Waals surface area contributed by atoms with E-state index in [4.69, 9.17) is 4.74 Å². The third-order valence-corrected chi connectivity index (χ3v) is 4.55. The molecule has 0 saturated heterocycles. The van der Waals surface area contributed by atoms with Gasteiger partial charge in [-0.25, -0.2) is 0 Å². The highest BCUT2D eigenvalue weighted by Crippen LogP contribution is 2.28. The summed E-state index contributed by atoms with van der Waals surface area (Å²) >= 11 is 0. The third-order valence-electron chi connectivity index (χ3n) is 4.55. The first-order valence-electron chi connectivity index (χ1n) is 8.49. The summed E-state index contributed by atoms with van der Waals surface area (Å²) in [5.41, 5.74) is 2.97. The van der Waals surface area contributed by atoms with Crippen molar-refractivity contribution in [1.82, 2.24) is 25.5 Å². The molecule has 7 heteroatoms. The minimum absolute atomic E-state index is 0.0875. The Labute approximate surface area is 151 Å². The van der Waals surface area contributed by atoms with E-state index in [1.807, 2.05) is 55.6 Å². The molecule has 26 heavy (non-hydrogen) atoms. The van der Waals surface area contributed by atoms with Crippen molar-refractivity contribution in [2.75, 3.05) is 13.7 Å². The van der Waals surface area contributed by atoms with Gasteiger partial charge in [-0.15, -0.1) is 10.2 Å². The van der Waals surface area contributed by atoms with E-state index in [0.717, 1.165) is 22.4 Å². The van der Waals surface area contributed by atoms with E-state index in [9.17, 15) is 4.79 Å². The Morgan fingerprint density at radius 3 is 3.00 bits per heavy atom. The molecule has 2 aromatic carbocycles. The Hall–Kier alpha value is -3.22. The second-order valence-electron chi connectivity index (χ2n) is 6.45. The van der Waals surface area contributed by atoms with E-state index in [0.29, 0.717) is 25.4 Å². The number of hydrogen-bond donors (Lipinski definition) is 1. The molecule has 1 aliphatic rings. The summed E-state index contributed by atoms with van der Waals surface area (Å²) in [4.78, 5) is 14.6. The quantitative estimate of drug-likeness (QED) is 0.779. The average Bonchev–Trinajstić information content (AvgIpc) is 3.22. The molecule has 0 fully saturated rings. The lowest BCUT2D eigenvalue weighted by Crippen LogP contribution is -2.38. The topological polar surface area (TPSA) is 84.0 Å². The van der Waals surface area contributed by atoms with E-state index in [1.54, 1.807) is 4.90 Å². The van der Waals surface area contributed by atoms with Gasteiger partial charge in [-0.3, -0.25) is 4.79 Å². The van der Waals surface area contributed by atoms with Gasteiger partial charge in [-0.05, 0) is 34.9 Å². The predicted octanol–water partition coefficient (Wildman–Crippen LogP) is 2.08. The Morgan fingerprint density at radius 1 is 1.27 bits per heavy atom. The second-order valence-corrected chi connectivity index (χ2v) is 6.45. The number of H-pyrrole nitrogens is 1. The number of carbonyl (C=O) groups is 1. The van der Waals surface area contributed by atoms with Crippen LogP contribution in [0.1, 0.15) is 11.1 Å². The molecule has 0 radical (unpaired) electrons. The van der Waals surface area contributed by atoms with Crippen molar-refractivity contribution in [3.63, 3.8) is 0 Å². The van der Waals surface area contributed by atoms with E-state index in [1.165, 1.54) is 0 Å². The van der Waals surface area contributed by atoms with Crippen molar-refractivity contribution in [3.8, 4) is 17.1 Å². The highest BCUT2D eigenvalue weighted by atomic mass is 16.5. The number of fused-ring (bicyclic) bond motifs is 1. The minimum atomic E-state index is -0.157. The molecule has 7 nitrogen and oxygen atoms in total. The van der Waals surface area contributed by atoms with Gasteiger partial charge in [0.1, 0.15) is 12.4 Å². The zero-order valence-corrected chi connectivity index (χ0v) is 14.4. The fourth-order valence-electron chi connectivity index (χ4n) is 3.24. The van der Waals surface area contributed by atoms with Crippen LogP contribution in [-0.2, 0) is 17.8 Å². The molecule has 0 bridgehead atoms. The standard InChI is InChI=1S/C19H19N5O2/c1-24(11-13-5-4-7-15(9-13)18-20-22-23-21-18)19(25)16-10-14-6-2-3-8-17(14)26-12-16/h2-9,16H,10-12H2,1H3,(H,20,21,22,23). The lowest BCUT2D eigenvalue weighted by molar-refractivity contribution is -0.136. The van der Waals surface area contributed by atoms with Gasteiger partial charge in [0.2, 0.25) is 11.7 Å². The predicted molar refractivity (Wildman–Crippen MR) is 95.2 cm³/mol. The first-order chi connectivity index (χ1) is 12.7. The Morgan fingerprint density at radius 2 is 2.15 bits per heavy atom. The summed E-state index contributed by atoms with van der Waals surface area (Å²) in [5.74, 6) is 1.35. The fraction of sp³-hybridized carbons (Fsp3) is 0.263. The average molecular weight is 349 g/mol. The maximum atomic E-state index is 12.8. The molecule has 0 aliphatic carbocycles. The van der Waals surface area contributed by atoms with Gasteiger partial charge in [-0.2, -0.15) is 5.21 Å². The largest absolute Gasteiger partial charge is 0.492 e. The number of amides is 1. The molecule has 1 atom stereocenters. The molecular formula is C19H19N5O2. The summed E-state index contributed by atoms with van der Waals surface area (Å²) in [6.07, 6.45) is 0.711. The van der Waals surface area contributed by atoms with E-state index in [-0.39, 0.29) is 11.8 Å². The van der Waals surface area contributed by atoms with E-state index >= 15 is 0 Å². The zero-order chi connectivity index (χ0) is 17.9. The molecule has 132 valence electrons. The van der Waals surface area contributed by atoms with Crippen LogP contribution in [0.5, 0.6) is 5.75 Å². The number of ether oxygens (including phenoxy) is 1. The molecule has 3 aromatic rings. The molecule has 2 heterocycles. The monoisotopic (exact) mass is 349 g/mol. The normalized spacial score (nSPS) is 15.8. The lowest BCUT2D eigenvalue weighted by atomic mass is 9.95. The number of aromatic nitrogens is 4. The summed E-state index contributed by atoms with van der Waals surface area (Å²) in [6, 6.07) is 15.7. The Balaban J connectivity index is 1.44. The molecule has 1 aromatic heterocycles. The molecule has 0 saturated carbocycles. The van der Waals surface area contributed by atoms with Crippen LogP contribution < -0.4 is 4.74 Å². The maximum Gasteiger partial charge on any atom is 0.229 e. The summed E-state index contributed by atoms with van der Waals surface area (Å²) in [7, 11) is 1.82. The van der Waals surface area contributed by atoms with Gasteiger partial charge in [0.05, 0.1) is 5.92 Å². The Kier molecular flexibility index (Phi) is 4.35. The molecule has 0 spiro atoms. The van der Waals surface area contributed by atoms with Gasteiger partial charge in [0.15, 0.2) is 0 Å². The Bertz CT molecular complexity index is 910. The number of benzene rings is 2. The number of tetrazole rings is 1. The highest BCUT2D eigenvalue weighted by Gasteiger charge is 2.28. The molecule has 4 rings (SSSR count). The van der Waals surface area contributed by atoms with Crippen molar-refractivity contribution in [2.45, 2.75) is 13.0 Å². The number of hydrogen-bond acceptors (Lipinski definition) is 5. The van der Waals surface area contributed by atoms with Crippen LogP contribution in [0.4, 0.5) is 0 Å². The van der Waals surface area contributed by atoms with Gasteiger partial charge in [0, 0.05) is 19.2 Å². The van der Waals surface area contributed by atoms with Gasteiger partial charge in [-0.1, -0.05) is 36.4 Å². The summed E-state index contributed by atoms with van der Waals surface area (Å²) in [5, 5.41) is 14.0. The van der Waals surface area contributed by atoms with Gasteiger partial charge < -0.3 is 9.64 Å². The number of aromatic amines is 1.